The van der Waals surface area contributed by atoms with E-state index in [4.69, 9.17) is 4.79 Å². The zero-order valence-electron chi connectivity index (χ0n) is 6.09. The van der Waals surface area contributed by atoms with Crippen LogP contribution in [-0.2, 0) is 9.53 Å². The highest BCUT2D eigenvalue weighted by Gasteiger charge is 2.09. The lowest BCUT2D eigenvalue weighted by Gasteiger charge is -2.18. The van der Waals surface area contributed by atoms with Gasteiger partial charge in [0.25, 0.3) is 6.47 Å². The van der Waals surface area contributed by atoms with Crippen molar-refractivity contribution in [2.24, 2.45) is 5.92 Å². The first-order valence-corrected chi connectivity index (χ1v) is 3.27. The fourth-order valence-corrected chi connectivity index (χ4v) is 0.612. The van der Waals surface area contributed by atoms with Gasteiger partial charge in [0.1, 0.15) is 0 Å². The first kappa shape index (κ1) is 8.47. The maximum Gasteiger partial charge on any atom is 0.292 e. The zero-order valence-corrected chi connectivity index (χ0v) is 6.09. The standard InChI is InChI=1S/C5H10.C2H4O2/c1-5-3-2-4-5;1-4-2-3/h5H,2-4H2,1H3;2H,1H3. The van der Waals surface area contributed by atoms with Gasteiger partial charge in [0.05, 0.1) is 7.11 Å². The van der Waals surface area contributed by atoms with Gasteiger partial charge in [0.15, 0.2) is 0 Å². The number of hydrogen-bond donors (Lipinski definition) is 0. The predicted molar refractivity (Wildman–Crippen MR) is 36.1 cm³/mol. The maximum absolute atomic E-state index is 8.95. The Morgan fingerprint density at radius 2 is 1.89 bits per heavy atom. The van der Waals surface area contributed by atoms with Crippen molar-refractivity contribution in [2.45, 2.75) is 26.2 Å². The molecule has 0 bridgehead atoms. The zero-order chi connectivity index (χ0) is 7.11. The smallest absolute Gasteiger partial charge is 0.292 e. The van der Waals surface area contributed by atoms with Crippen molar-refractivity contribution in [1.29, 1.82) is 0 Å². The van der Waals surface area contributed by atoms with E-state index in [1.165, 1.54) is 26.4 Å². The molecule has 0 aromatic heterocycles. The summed E-state index contributed by atoms with van der Waals surface area (Å²) in [6.07, 6.45) is 4.46. The van der Waals surface area contributed by atoms with Gasteiger partial charge in [-0.05, 0) is 5.92 Å². The van der Waals surface area contributed by atoms with E-state index in [0.29, 0.717) is 6.47 Å². The molecule has 0 heterocycles. The molecule has 0 aromatic carbocycles. The van der Waals surface area contributed by atoms with Crippen LogP contribution in [0, 0.1) is 5.92 Å². The van der Waals surface area contributed by atoms with Gasteiger partial charge in [0.2, 0.25) is 0 Å². The molecular formula is C7H14O2. The van der Waals surface area contributed by atoms with Crippen LogP contribution < -0.4 is 0 Å². The van der Waals surface area contributed by atoms with Crippen LogP contribution in [0.3, 0.4) is 0 Å². The molecule has 1 aliphatic carbocycles. The van der Waals surface area contributed by atoms with E-state index in [0.717, 1.165) is 5.92 Å². The molecule has 1 fully saturated rings. The Morgan fingerprint density at radius 1 is 1.56 bits per heavy atom. The lowest BCUT2D eigenvalue weighted by Crippen LogP contribution is -2.04. The van der Waals surface area contributed by atoms with Gasteiger partial charge in [-0.1, -0.05) is 26.2 Å². The molecule has 0 spiro atoms. The summed E-state index contributed by atoms with van der Waals surface area (Å²) >= 11 is 0. The number of methoxy groups -OCH3 is 1. The van der Waals surface area contributed by atoms with Crippen LogP contribution in [-0.4, -0.2) is 13.6 Å². The Labute approximate surface area is 56.2 Å². The highest BCUT2D eigenvalue weighted by Crippen LogP contribution is 2.24. The highest BCUT2D eigenvalue weighted by molar-refractivity contribution is 5.36. The van der Waals surface area contributed by atoms with Gasteiger partial charge in [-0.3, -0.25) is 4.79 Å². The summed E-state index contributed by atoms with van der Waals surface area (Å²) in [5, 5.41) is 0. The Balaban J connectivity index is 0.000000148. The molecule has 0 saturated heterocycles. The maximum atomic E-state index is 8.95. The van der Waals surface area contributed by atoms with Crippen LogP contribution in [0.2, 0.25) is 0 Å². The second-order valence-corrected chi connectivity index (χ2v) is 2.37. The molecule has 0 aliphatic heterocycles. The minimum absolute atomic E-state index is 0.375. The van der Waals surface area contributed by atoms with Crippen molar-refractivity contribution >= 4 is 6.47 Å². The van der Waals surface area contributed by atoms with Crippen LogP contribution >= 0.6 is 0 Å². The molecule has 1 saturated carbocycles. The monoisotopic (exact) mass is 130 g/mol. The van der Waals surface area contributed by atoms with Crippen LogP contribution in [0.1, 0.15) is 26.2 Å². The number of hydrogen-bond acceptors (Lipinski definition) is 2. The average molecular weight is 130 g/mol. The highest BCUT2D eigenvalue weighted by atomic mass is 16.5. The summed E-state index contributed by atoms with van der Waals surface area (Å²) in [6.45, 7) is 2.68. The molecule has 1 rings (SSSR count). The van der Waals surface area contributed by atoms with Crippen molar-refractivity contribution in [3.8, 4) is 0 Å². The largest absolute Gasteiger partial charge is 0.471 e. The lowest BCUT2D eigenvalue weighted by molar-refractivity contribution is -0.126. The third-order valence-corrected chi connectivity index (χ3v) is 1.49. The average Bonchev–Trinajstić information content (AvgIpc) is 1.84. The van der Waals surface area contributed by atoms with Crippen molar-refractivity contribution in [3.63, 3.8) is 0 Å². The second kappa shape index (κ2) is 5.60. The Kier molecular flexibility index (Phi) is 5.27. The molecule has 0 amide bonds. The van der Waals surface area contributed by atoms with Crippen molar-refractivity contribution in [2.75, 3.05) is 7.11 Å². The topological polar surface area (TPSA) is 26.3 Å². The molecule has 0 radical (unpaired) electrons. The summed E-state index contributed by atoms with van der Waals surface area (Å²) in [7, 11) is 1.31. The van der Waals surface area contributed by atoms with Crippen LogP contribution in [0.4, 0.5) is 0 Å². The Hall–Kier alpha value is -0.530. The molecule has 1 aliphatic rings. The molecule has 2 heteroatoms. The van der Waals surface area contributed by atoms with E-state index in [1.54, 1.807) is 0 Å². The second-order valence-electron chi connectivity index (χ2n) is 2.37. The van der Waals surface area contributed by atoms with Crippen molar-refractivity contribution < 1.29 is 9.53 Å². The lowest BCUT2D eigenvalue weighted by atomic mass is 9.88. The van der Waals surface area contributed by atoms with E-state index >= 15 is 0 Å². The minimum Gasteiger partial charge on any atom is -0.471 e. The molecule has 9 heavy (non-hydrogen) atoms. The van der Waals surface area contributed by atoms with E-state index in [-0.39, 0.29) is 0 Å². The van der Waals surface area contributed by atoms with Gasteiger partial charge in [-0.25, -0.2) is 0 Å². The molecule has 2 nitrogen and oxygen atoms in total. The van der Waals surface area contributed by atoms with Crippen LogP contribution in [0.25, 0.3) is 0 Å². The molecule has 0 N–H and O–H groups in total. The van der Waals surface area contributed by atoms with Gasteiger partial charge in [-0.15, -0.1) is 0 Å². The fourth-order valence-electron chi connectivity index (χ4n) is 0.612. The third-order valence-electron chi connectivity index (χ3n) is 1.49. The quantitative estimate of drug-likeness (QED) is 0.504. The van der Waals surface area contributed by atoms with Gasteiger partial charge >= 0.3 is 0 Å². The first-order valence-electron chi connectivity index (χ1n) is 3.27. The number of ether oxygens (including phenoxy) is 1. The summed E-state index contributed by atoms with van der Waals surface area (Å²) in [6, 6.07) is 0. The number of rotatable bonds is 1. The minimum atomic E-state index is 0.375. The van der Waals surface area contributed by atoms with Gasteiger partial charge in [0, 0.05) is 0 Å². The van der Waals surface area contributed by atoms with Crippen LogP contribution in [0.5, 0.6) is 0 Å². The van der Waals surface area contributed by atoms with E-state index < -0.39 is 0 Å². The van der Waals surface area contributed by atoms with Crippen LogP contribution in [0.15, 0.2) is 0 Å². The van der Waals surface area contributed by atoms with Crippen molar-refractivity contribution in [1.82, 2.24) is 0 Å². The molecule has 0 aromatic rings. The summed E-state index contributed by atoms with van der Waals surface area (Å²) in [4.78, 5) is 8.95. The summed E-state index contributed by atoms with van der Waals surface area (Å²) in [5.74, 6) is 1.06. The number of carbonyl (C=O) groups is 1. The van der Waals surface area contributed by atoms with E-state index in [1.807, 2.05) is 0 Å². The molecule has 0 atom stereocenters. The molecule has 0 unspecified atom stereocenters. The third kappa shape index (κ3) is 5.34. The van der Waals surface area contributed by atoms with Crippen molar-refractivity contribution in [3.05, 3.63) is 0 Å². The van der Waals surface area contributed by atoms with E-state index in [9.17, 15) is 0 Å². The van der Waals surface area contributed by atoms with Gasteiger partial charge in [-0.2, -0.15) is 0 Å². The normalized spacial score (nSPS) is 16.7. The Bertz CT molecular complexity index is 67.3. The fraction of sp³-hybridized carbons (Fsp3) is 0.857. The molecular weight excluding hydrogens is 116 g/mol. The first-order chi connectivity index (χ1) is 4.31. The predicted octanol–water partition coefficient (Wildman–Crippen LogP) is 1.60. The number of carbonyl (C=O) groups excluding carboxylic acids is 1. The Morgan fingerprint density at radius 3 is 1.89 bits per heavy atom. The molecule has 54 valence electrons. The summed E-state index contributed by atoms with van der Waals surface area (Å²) < 4.78 is 3.86. The van der Waals surface area contributed by atoms with Gasteiger partial charge < -0.3 is 4.74 Å². The summed E-state index contributed by atoms with van der Waals surface area (Å²) in [5.41, 5.74) is 0. The SMILES string of the molecule is CC1CCC1.COC=O. The van der Waals surface area contributed by atoms with E-state index in [2.05, 4.69) is 11.7 Å².